The summed E-state index contributed by atoms with van der Waals surface area (Å²) in [6.45, 7) is 4.74. The van der Waals surface area contributed by atoms with Gasteiger partial charge in [-0.05, 0) is 18.2 Å². The molecule has 2 aromatic rings. The van der Waals surface area contributed by atoms with Gasteiger partial charge in [0.25, 0.3) is 0 Å². The number of fused-ring (bicyclic) bond motifs is 1. The molecule has 1 amide bonds. The highest BCUT2D eigenvalue weighted by Gasteiger charge is 2.13. The number of furan rings is 1. The second-order valence-corrected chi connectivity index (χ2v) is 6.04. The first-order chi connectivity index (χ1) is 12.2. The summed E-state index contributed by atoms with van der Waals surface area (Å²) in [4.78, 5) is 25.3. The first kappa shape index (κ1) is 17.4. The van der Waals surface area contributed by atoms with E-state index < -0.39 is 0 Å². The van der Waals surface area contributed by atoms with Gasteiger partial charge in [0.15, 0.2) is 6.29 Å². The molecule has 1 aromatic carbocycles. The fraction of sp³-hybridized carbons (Fsp3) is 0.444. The average molecular weight is 346 g/mol. The number of amides is 1. The van der Waals surface area contributed by atoms with Crippen molar-refractivity contribution >= 4 is 23.2 Å². The van der Waals surface area contributed by atoms with Crippen LogP contribution in [0.1, 0.15) is 22.5 Å². The van der Waals surface area contributed by atoms with Crippen LogP contribution in [0, 0.1) is 0 Å². The molecule has 7 heteroatoms. The monoisotopic (exact) mass is 346 g/mol. The predicted octanol–water partition coefficient (Wildman–Crippen LogP) is 1.33. The molecular formula is C18H22N2O5. The van der Waals surface area contributed by atoms with Crippen molar-refractivity contribution in [3.8, 4) is 5.75 Å². The molecule has 0 bridgehead atoms. The standard InChI is InChI=1S/C18H22N2O5/c21-12-15-14-11-13(25-17(14)3-2-16(15)22)1-4-18(23)19-5-6-20-7-9-24-10-8-20/h2-3,11-12,22H,1,4-10H2,(H,19,23). The molecule has 0 radical (unpaired) electrons. The lowest BCUT2D eigenvalue weighted by Gasteiger charge is -2.26. The Morgan fingerprint density at radius 1 is 1.32 bits per heavy atom. The predicted molar refractivity (Wildman–Crippen MR) is 91.9 cm³/mol. The van der Waals surface area contributed by atoms with Crippen LogP contribution in [0.4, 0.5) is 0 Å². The molecule has 1 fully saturated rings. The Hall–Kier alpha value is -2.38. The Balaban J connectivity index is 1.48. The third-order valence-electron chi connectivity index (χ3n) is 4.34. The number of nitrogens with one attached hydrogen (secondary N) is 1. The number of phenolic OH excluding ortho intramolecular Hbond substituents is 1. The van der Waals surface area contributed by atoms with Gasteiger partial charge in [0.2, 0.25) is 5.91 Å². The lowest BCUT2D eigenvalue weighted by Crippen LogP contribution is -2.41. The molecule has 134 valence electrons. The van der Waals surface area contributed by atoms with E-state index in [0.29, 0.717) is 42.4 Å². The fourth-order valence-corrected chi connectivity index (χ4v) is 2.92. The minimum absolute atomic E-state index is 0.0350. The van der Waals surface area contributed by atoms with Gasteiger partial charge in [-0.15, -0.1) is 0 Å². The zero-order valence-corrected chi connectivity index (χ0v) is 14.0. The summed E-state index contributed by atoms with van der Waals surface area (Å²) in [6.07, 6.45) is 1.36. The van der Waals surface area contributed by atoms with E-state index in [2.05, 4.69) is 10.2 Å². The summed E-state index contributed by atoms with van der Waals surface area (Å²) in [5.74, 6) is 0.509. The maximum atomic E-state index is 12.0. The van der Waals surface area contributed by atoms with Crippen LogP contribution < -0.4 is 5.32 Å². The van der Waals surface area contributed by atoms with Crippen molar-refractivity contribution in [3.05, 3.63) is 29.5 Å². The number of hydrogen-bond acceptors (Lipinski definition) is 6. The zero-order valence-electron chi connectivity index (χ0n) is 14.0. The summed E-state index contributed by atoms with van der Waals surface area (Å²) in [7, 11) is 0. The lowest BCUT2D eigenvalue weighted by atomic mass is 10.1. The molecule has 1 aromatic heterocycles. The normalized spacial score (nSPS) is 15.4. The fourth-order valence-electron chi connectivity index (χ4n) is 2.92. The largest absolute Gasteiger partial charge is 0.507 e. The topological polar surface area (TPSA) is 92.0 Å². The van der Waals surface area contributed by atoms with Crippen molar-refractivity contribution in [1.29, 1.82) is 0 Å². The number of phenols is 1. The Labute approximate surface area is 145 Å². The van der Waals surface area contributed by atoms with Crippen molar-refractivity contribution in [2.75, 3.05) is 39.4 Å². The molecule has 0 unspecified atom stereocenters. The first-order valence-corrected chi connectivity index (χ1v) is 8.44. The SMILES string of the molecule is O=Cc1c(O)ccc2oc(CCC(=O)NCCN3CCOCC3)cc12. The van der Waals surface area contributed by atoms with E-state index >= 15 is 0 Å². The van der Waals surface area contributed by atoms with Gasteiger partial charge in [-0.25, -0.2) is 0 Å². The summed E-state index contributed by atoms with van der Waals surface area (Å²) < 4.78 is 10.9. The molecule has 7 nitrogen and oxygen atoms in total. The number of carbonyl (C=O) groups excluding carboxylic acids is 2. The van der Waals surface area contributed by atoms with Crippen LogP contribution in [0.5, 0.6) is 5.75 Å². The molecule has 25 heavy (non-hydrogen) atoms. The number of aromatic hydroxyl groups is 1. The molecule has 0 spiro atoms. The van der Waals surface area contributed by atoms with Crippen LogP contribution in [0.2, 0.25) is 0 Å². The van der Waals surface area contributed by atoms with E-state index in [-0.39, 0.29) is 17.2 Å². The quantitative estimate of drug-likeness (QED) is 0.735. The van der Waals surface area contributed by atoms with Crippen molar-refractivity contribution < 1.29 is 23.8 Å². The summed E-state index contributed by atoms with van der Waals surface area (Å²) in [5, 5.41) is 13.2. The maximum absolute atomic E-state index is 12.0. The number of hydrogen-bond donors (Lipinski definition) is 2. The van der Waals surface area contributed by atoms with E-state index in [1.165, 1.54) is 6.07 Å². The number of rotatable bonds is 7. The maximum Gasteiger partial charge on any atom is 0.220 e. The molecule has 0 saturated carbocycles. The third kappa shape index (κ3) is 4.37. The van der Waals surface area contributed by atoms with Crippen LogP contribution >= 0.6 is 0 Å². The summed E-state index contributed by atoms with van der Waals surface area (Å²) in [6, 6.07) is 4.75. The lowest BCUT2D eigenvalue weighted by molar-refractivity contribution is -0.121. The zero-order chi connectivity index (χ0) is 17.6. The Morgan fingerprint density at radius 2 is 2.12 bits per heavy atom. The van der Waals surface area contributed by atoms with Gasteiger partial charge >= 0.3 is 0 Å². The molecular weight excluding hydrogens is 324 g/mol. The first-order valence-electron chi connectivity index (χ1n) is 8.44. The van der Waals surface area contributed by atoms with Crippen molar-refractivity contribution in [2.45, 2.75) is 12.8 Å². The van der Waals surface area contributed by atoms with Crippen molar-refractivity contribution in [1.82, 2.24) is 10.2 Å². The van der Waals surface area contributed by atoms with Crippen LogP contribution in [0.25, 0.3) is 11.0 Å². The molecule has 3 rings (SSSR count). The number of ether oxygens (including phenoxy) is 1. The van der Waals surface area contributed by atoms with E-state index in [4.69, 9.17) is 9.15 Å². The summed E-state index contributed by atoms with van der Waals surface area (Å²) in [5.41, 5.74) is 0.741. The van der Waals surface area contributed by atoms with E-state index in [1.807, 2.05) is 0 Å². The number of aryl methyl sites for hydroxylation is 1. The van der Waals surface area contributed by atoms with Crippen molar-refractivity contribution in [2.24, 2.45) is 0 Å². The van der Waals surface area contributed by atoms with Crippen LogP contribution in [0.3, 0.4) is 0 Å². The van der Waals surface area contributed by atoms with Crippen LogP contribution in [-0.2, 0) is 16.0 Å². The van der Waals surface area contributed by atoms with Crippen LogP contribution in [0.15, 0.2) is 22.6 Å². The van der Waals surface area contributed by atoms with Gasteiger partial charge in [-0.1, -0.05) is 0 Å². The highest BCUT2D eigenvalue weighted by Crippen LogP contribution is 2.28. The minimum atomic E-state index is -0.0734. The highest BCUT2D eigenvalue weighted by molar-refractivity contribution is 5.99. The van der Waals surface area contributed by atoms with Gasteiger partial charge in [0.1, 0.15) is 17.1 Å². The average Bonchev–Trinajstić information content (AvgIpc) is 3.04. The Morgan fingerprint density at radius 3 is 2.88 bits per heavy atom. The number of morpholine rings is 1. The number of benzene rings is 1. The van der Waals surface area contributed by atoms with Gasteiger partial charge in [-0.2, -0.15) is 0 Å². The van der Waals surface area contributed by atoms with Gasteiger partial charge in [0, 0.05) is 44.4 Å². The minimum Gasteiger partial charge on any atom is -0.507 e. The molecule has 0 atom stereocenters. The molecule has 1 saturated heterocycles. The van der Waals surface area contributed by atoms with E-state index in [9.17, 15) is 14.7 Å². The second-order valence-electron chi connectivity index (χ2n) is 6.04. The van der Waals surface area contributed by atoms with Crippen molar-refractivity contribution in [3.63, 3.8) is 0 Å². The van der Waals surface area contributed by atoms with Gasteiger partial charge in [0.05, 0.1) is 18.8 Å². The molecule has 1 aliphatic rings. The third-order valence-corrected chi connectivity index (χ3v) is 4.34. The summed E-state index contributed by atoms with van der Waals surface area (Å²) >= 11 is 0. The Bertz CT molecular complexity index is 749. The van der Waals surface area contributed by atoms with Crippen LogP contribution in [-0.4, -0.2) is 61.6 Å². The van der Waals surface area contributed by atoms with Gasteiger partial charge in [-0.3, -0.25) is 14.5 Å². The van der Waals surface area contributed by atoms with Gasteiger partial charge < -0.3 is 19.6 Å². The molecule has 0 aliphatic carbocycles. The van der Waals surface area contributed by atoms with E-state index in [0.717, 1.165) is 32.8 Å². The highest BCUT2D eigenvalue weighted by atomic mass is 16.5. The molecule has 1 aliphatic heterocycles. The second kappa shape index (κ2) is 8.13. The number of nitrogens with zero attached hydrogens (tertiary/aromatic N) is 1. The van der Waals surface area contributed by atoms with E-state index in [1.54, 1.807) is 12.1 Å². The smallest absolute Gasteiger partial charge is 0.220 e. The Kier molecular flexibility index (Phi) is 5.67. The number of carbonyl (C=O) groups is 2. The molecule has 2 heterocycles. The number of aldehydes is 1. The molecule has 2 N–H and O–H groups in total.